The van der Waals surface area contributed by atoms with Crippen molar-refractivity contribution in [3.63, 3.8) is 0 Å². The second-order valence-corrected chi connectivity index (χ2v) is 4.19. The minimum absolute atomic E-state index is 0.00667. The van der Waals surface area contributed by atoms with E-state index in [4.69, 9.17) is 5.11 Å². The third kappa shape index (κ3) is 4.00. The normalized spacial score (nSPS) is 10.5. The summed E-state index contributed by atoms with van der Waals surface area (Å²) in [4.78, 5) is 12.1. The number of halogens is 2. The number of carbonyl (C=O) groups excluding carboxylic acids is 1. The summed E-state index contributed by atoms with van der Waals surface area (Å²) in [5, 5.41) is 11.6. The van der Waals surface area contributed by atoms with Gasteiger partial charge in [-0.3, -0.25) is 4.79 Å². The van der Waals surface area contributed by atoms with E-state index in [-0.39, 0.29) is 17.9 Å². The number of anilines is 1. The van der Waals surface area contributed by atoms with Gasteiger partial charge in [-0.05, 0) is 29.8 Å². The second kappa shape index (κ2) is 6.81. The van der Waals surface area contributed by atoms with E-state index in [9.17, 15) is 13.6 Å². The number of carbonyl (C=O) groups is 1. The number of rotatable bonds is 5. The maximum Gasteiger partial charge on any atom is 0.387 e. The first-order valence-electron chi connectivity index (χ1n) is 6.15. The smallest absolute Gasteiger partial charge is 0.387 e. The Balaban J connectivity index is 2.20. The molecule has 0 atom stereocenters. The zero-order valence-electron chi connectivity index (χ0n) is 10.9. The zero-order chi connectivity index (χ0) is 15.2. The van der Waals surface area contributed by atoms with E-state index < -0.39 is 12.5 Å². The first-order valence-corrected chi connectivity index (χ1v) is 6.15. The van der Waals surface area contributed by atoms with Crippen LogP contribution in [-0.4, -0.2) is 17.6 Å². The van der Waals surface area contributed by atoms with Crippen LogP contribution in [-0.2, 0) is 6.61 Å². The van der Waals surface area contributed by atoms with Gasteiger partial charge in [0.2, 0.25) is 0 Å². The molecule has 2 rings (SSSR count). The number of aliphatic hydroxyl groups is 1. The van der Waals surface area contributed by atoms with Gasteiger partial charge < -0.3 is 15.2 Å². The van der Waals surface area contributed by atoms with Crippen molar-refractivity contribution in [2.24, 2.45) is 0 Å². The second-order valence-electron chi connectivity index (χ2n) is 4.19. The van der Waals surface area contributed by atoms with Crippen LogP contribution in [0.2, 0.25) is 0 Å². The summed E-state index contributed by atoms with van der Waals surface area (Å²) in [7, 11) is 0. The molecule has 0 aliphatic rings. The van der Waals surface area contributed by atoms with Crippen LogP contribution < -0.4 is 10.1 Å². The highest BCUT2D eigenvalue weighted by Gasteiger charge is 2.15. The number of amides is 1. The number of hydrogen-bond acceptors (Lipinski definition) is 3. The van der Waals surface area contributed by atoms with Crippen molar-refractivity contribution in [2.45, 2.75) is 13.2 Å². The Morgan fingerprint density at radius 3 is 2.67 bits per heavy atom. The lowest BCUT2D eigenvalue weighted by Gasteiger charge is -2.11. The predicted molar refractivity (Wildman–Crippen MR) is 73.4 cm³/mol. The number of benzene rings is 2. The van der Waals surface area contributed by atoms with Gasteiger partial charge in [0.1, 0.15) is 5.75 Å². The fraction of sp³-hybridized carbons (Fsp3) is 0.133. The van der Waals surface area contributed by atoms with Crippen LogP contribution in [0, 0.1) is 0 Å². The maximum atomic E-state index is 12.3. The van der Waals surface area contributed by atoms with Crippen molar-refractivity contribution in [1.29, 1.82) is 0 Å². The third-order valence-corrected chi connectivity index (χ3v) is 2.72. The summed E-state index contributed by atoms with van der Waals surface area (Å²) < 4.78 is 28.9. The minimum Gasteiger partial charge on any atom is -0.434 e. The van der Waals surface area contributed by atoms with Gasteiger partial charge >= 0.3 is 6.61 Å². The molecule has 0 bridgehead atoms. The molecule has 0 saturated carbocycles. The average molecular weight is 293 g/mol. The fourth-order valence-electron chi connectivity index (χ4n) is 1.80. The Morgan fingerprint density at radius 1 is 1.19 bits per heavy atom. The number of ether oxygens (including phenoxy) is 1. The van der Waals surface area contributed by atoms with Crippen molar-refractivity contribution in [3.05, 3.63) is 59.7 Å². The van der Waals surface area contributed by atoms with Crippen LogP contribution in [0.1, 0.15) is 15.9 Å². The van der Waals surface area contributed by atoms with Gasteiger partial charge in [-0.15, -0.1) is 0 Å². The van der Waals surface area contributed by atoms with Crippen molar-refractivity contribution in [1.82, 2.24) is 0 Å². The summed E-state index contributed by atoms with van der Waals surface area (Å²) >= 11 is 0. The van der Waals surface area contributed by atoms with E-state index in [1.54, 1.807) is 30.3 Å². The molecular weight excluding hydrogens is 280 g/mol. The molecule has 1 amide bonds. The monoisotopic (exact) mass is 293 g/mol. The largest absolute Gasteiger partial charge is 0.434 e. The standard InChI is InChI=1S/C15H13F2NO3/c16-15(17)21-13-7-2-1-6-12(13)14(20)18-11-5-3-4-10(8-11)9-19/h1-8,15,19H,9H2,(H,18,20). The number of nitrogens with one attached hydrogen (secondary N) is 1. The molecule has 2 N–H and O–H groups in total. The summed E-state index contributed by atoms with van der Waals surface area (Å²) in [5.41, 5.74) is 1.09. The SMILES string of the molecule is O=C(Nc1cccc(CO)c1)c1ccccc1OC(F)F. The lowest BCUT2D eigenvalue weighted by molar-refractivity contribution is -0.0501. The summed E-state index contributed by atoms with van der Waals surface area (Å²) in [5.74, 6) is -0.760. The highest BCUT2D eigenvalue weighted by atomic mass is 19.3. The van der Waals surface area contributed by atoms with Gasteiger partial charge in [0.25, 0.3) is 5.91 Å². The van der Waals surface area contributed by atoms with Gasteiger partial charge in [0.15, 0.2) is 0 Å². The Bertz CT molecular complexity index is 632. The van der Waals surface area contributed by atoms with E-state index in [0.717, 1.165) is 0 Å². The van der Waals surface area contributed by atoms with Crippen molar-refractivity contribution in [2.75, 3.05) is 5.32 Å². The summed E-state index contributed by atoms with van der Waals surface area (Å²) in [6.07, 6.45) is 0. The summed E-state index contributed by atoms with van der Waals surface area (Å²) in [6, 6.07) is 12.3. The van der Waals surface area contributed by atoms with Gasteiger partial charge in [0.05, 0.1) is 12.2 Å². The molecule has 0 heterocycles. The number of alkyl halides is 2. The van der Waals surface area contributed by atoms with E-state index in [1.165, 1.54) is 18.2 Å². The Labute approximate surface area is 120 Å². The molecular formula is C15H13F2NO3. The lowest BCUT2D eigenvalue weighted by Crippen LogP contribution is -2.15. The van der Waals surface area contributed by atoms with Gasteiger partial charge in [-0.25, -0.2) is 0 Å². The molecule has 110 valence electrons. The van der Waals surface area contributed by atoms with E-state index in [0.29, 0.717) is 11.3 Å². The third-order valence-electron chi connectivity index (χ3n) is 2.72. The maximum absolute atomic E-state index is 12.3. The predicted octanol–water partition coefficient (Wildman–Crippen LogP) is 3.03. The first kappa shape index (κ1) is 14.9. The molecule has 0 radical (unpaired) electrons. The molecule has 2 aromatic carbocycles. The fourth-order valence-corrected chi connectivity index (χ4v) is 1.80. The molecule has 0 fully saturated rings. The van der Waals surface area contributed by atoms with Crippen LogP contribution >= 0.6 is 0 Å². The van der Waals surface area contributed by atoms with Gasteiger partial charge in [-0.1, -0.05) is 24.3 Å². The average Bonchev–Trinajstić information content (AvgIpc) is 2.47. The molecule has 4 nitrogen and oxygen atoms in total. The van der Waals surface area contributed by atoms with Gasteiger partial charge in [-0.2, -0.15) is 8.78 Å². The van der Waals surface area contributed by atoms with Crippen molar-refractivity contribution in [3.8, 4) is 5.75 Å². The van der Waals surface area contributed by atoms with E-state index in [2.05, 4.69) is 10.1 Å². The molecule has 21 heavy (non-hydrogen) atoms. The zero-order valence-corrected chi connectivity index (χ0v) is 10.9. The summed E-state index contributed by atoms with van der Waals surface area (Å²) in [6.45, 7) is -3.16. The quantitative estimate of drug-likeness (QED) is 0.891. The highest BCUT2D eigenvalue weighted by molar-refractivity contribution is 6.06. The lowest BCUT2D eigenvalue weighted by atomic mass is 10.1. The Kier molecular flexibility index (Phi) is 4.84. The molecule has 0 aromatic heterocycles. The van der Waals surface area contributed by atoms with Crippen LogP contribution in [0.15, 0.2) is 48.5 Å². The molecule has 0 aliphatic heterocycles. The number of para-hydroxylation sites is 1. The molecule has 2 aromatic rings. The minimum atomic E-state index is -3.00. The van der Waals surface area contributed by atoms with Crippen molar-refractivity contribution >= 4 is 11.6 Å². The van der Waals surface area contributed by atoms with E-state index in [1.807, 2.05) is 0 Å². The Morgan fingerprint density at radius 2 is 1.95 bits per heavy atom. The van der Waals surface area contributed by atoms with Crippen LogP contribution in [0.4, 0.5) is 14.5 Å². The van der Waals surface area contributed by atoms with Crippen LogP contribution in [0.25, 0.3) is 0 Å². The van der Waals surface area contributed by atoms with E-state index >= 15 is 0 Å². The van der Waals surface area contributed by atoms with Crippen molar-refractivity contribution < 1.29 is 23.4 Å². The number of hydrogen-bond donors (Lipinski definition) is 2. The molecule has 0 saturated heterocycles. The first-order chi connectivity index (χ1) is 10.1. The molecule has 0 spiro atoms. The van der Waals surface area contributed by atoms with Crippen LogP contribution in [0.5, 0.6) is 5.75 Å². The Hall–Kier alpha value is -2.47. The number of aliphatic hydroxyl groups excluding tert-OH is 1. The molecule has 6 heteroatoms. The van der Waals surface area contributed by atoms with Crippen LogP contribution in [0.3, 0.4) is 0 Å². The molecule has 0 unspecified atom stereocenters. The highest BCUT2D eigenvalue weighted by Crippen LogP contribution is 2.22. The molecule has 0 aliphatic carbocycles. The topological polar surface area (TPSA) is 58.6 Å². The van der Waals surface area contributed by atoms with Gasteiger partial charge in [0, 0.05) is 5.69 Å².